The van der Waals surface area contributed by atoms with Gasteiger partial charge in [-0.1, -0.05) is 19.1 Å². The summed E-state index contributed by atoms with van der Waals surface area (Å²) in [6.07, 6.45) is 1.64. The average Bonchev–Trinajstić information content (AvgIpc) is 2.44. The maximum absolute atomic E-state index is 11.9. The van der Waals surface area contributed by atoms with Gasteiger partial charge in [-0.25, -0.2) is 4.79 Å². The predicted molar refractivity (Wildman–Crippen MR) is 77.6 cm³/mol. The molecule has 0 aliphatic carbocycles. The highest BCUT2D eigenvalue weighted by Crippen LogP contribution is 2.17. The smallest absolute Gasteiger partial charge is 0.342 e. The topological polar surface area (TPSA) is 86.5 Å². The Morgan fingerprint density at radius 2 is 2.10 bits per heavy atom. The van der Waals surface area contributed by atoms with E-state index in [2.05, 4.69) is 0 Å². The number of esters is 1. The molecule has 0 fully saturated rings. The molecule has 0 saturated carbocycles. The number of Topliss-reactive ketones (excluding diaryl/α,β-unsaturated/α-hetero) is 1. The molecule has 0 aliphatic heterocycles. The highest BCUT2D eigenvalue weighted by atomic mass is 16.6. The molecule has 0 amide bonds. The fraction of sp³-hybridized carbons (Fsp3) is 0.333. The zero-order chi connectivity index (χ0) is 16.0. The van der Waals surface area contributed by atoms with Gasteiger partial charge in [0.1, 0.15) is 5.57 Å². The predicted octanol–water partition coefficient (Wildman–Crippen LogP) is 2.91. The van der Waals surface area contributed by atoms with Crippen LogP contribution >= 0.6 is 0 Å². The second-order valence-electron chi connectivity index (χ2n) is 4.59. The molecule has 0 aliphatic rings. The molecule has 6 nitrogen and oxygen atoms in total. The average molecular weight is 291 g/mol. The molecule has 0 bridgehead atoms. The Labute approximate surface area is 122 Å². The van der Waals surface area contributed by atoms with E-state index in [0.29, 0.717) is 12.0 Å². The van der Waals surface area contributed by atoms with Crippen molar-refractivity contribution in [2.24, 2.45) is 0 Å². The Bertz CT molecular complexity index is 591. The van der Waals surface area contributed by atoms with Crippen LogP contribution in [0, 0.1) is 10.1 Å². The van der Waals surface area contributed by atoms with E-state index >= 15 is 0 Å². The van der Waals surface area contributed by atoms with Crippen molar-refractivity contribution in [2.45, 2.75) is 33.3 Å². The molecular formula is C15H17NO5. The molecular weight excluding hydrogens is 274 g/mol. The zero-order valence-corrected chi connectivity index (χ0v) is 12.2. The van der Waals surface area contributed by atoms with Crippen LogP contribution in [0.2, 0.25) is 0 Å². The molecule has 0 heterocycles. The molecule has 0 aromatic heterocycles. The molecule has 6 heteroatoms. The van der Waals surface area contributed by atoms with Crippen LogP contribution in [-0.2, 0) is 14.3 Å². The summed E-state index contributed by atoms with van der Waals surface area (Å²) in [5, 5.41) is 10.7. The SMILES string of the molecule is CCC(C)OC(=O)C(=Cc1cccc([N+](=O)[O-])c1)C(C)=O. The molecule has 112 valence electrons. The molecule has 1 unspecified atom stereocenters. The molecule has 1 atom stereocenters. The van der Waals surface area contributed by atoms with Gasteiger partial charge in [-0.3, -0.25) is 14.9 Å². The molecule has 1 rings (SSSR count). The van der Waals surface area contributed by atoms with E-state index in [0.717, 1.165) is 0 Å². The molecule has 0 spiro atoms. The molecule has 0 radical (unpaired) electrons. The summed E-state index contributed by atoms with van der Waals surface area (Å²) in [6.45, 7) is 4.83. The van der Waals surface area contributed by atoms with Gasteiger partial charge < -0.3 is 4.74 Å². The minimum absolute atomic E-state index is 0.109. The van der Waals surface area contributed by atoms with Crippen LogP contribution in [0.5, 0.6) is 0 Å². The minimum Gasteiger partial charge on any atom is -0.459 e. The van der Waals surface area contributed by atoms with Crippen LogP contribution in [0.15, 0.2) is 29.8 Å². The Balaban J connectivity index is 3.10. The summed E-state index contributed by atoms with van der Waals surface area (Å²) in [5.74, 6) is -1.17. The van der Waals surface area contributed by atoms with Crippen molar-refractivity contribution in [3.05, 3.63) is 45.5 Å². The quantitative estimate of drug-likeness (QED) is 0.201. The number of nitro benzene ring substituents is 1. The van der Waals surface area contributed by atoms with Gasteiger partial charge in [0, 0.05) is 12.1 Å². The highest BCUT2D eigenvalue weighted by molar-refractivity contribution is 6.19. The maximum atomic E-state index is 11.9. The van der Waals surface area contributed by atoms with Crippen LogP contribution in [0.25, 0.3) is 6.08 Å². The normalized spacial score (nSPS) is 12.6. The summed E-state index contributed by atoms with van der Waals surface area (Å²) in [5.41, 5.74) is 0.160. The van der Waals surface area contributed by atoms with Crippen molar-refractivity contribution in [1.82, 2.24) is 0 Å². The van der Waals surface area contributed by atoms with E-state index in [-0.39, 0.29) is 17.4 Å². The number of benzene rings is 1. The zero-order valence-electron chi connectivity index (χ0n) is 12.2. The number of hydrogen-bond donors (Lipinski definition) is 0. The van der Waals surface area contributed by atoms with Crippen LogP contribution in [0.4, 0.5) is 5.69 Å². The summed E-state index contributed by atoms with van der Waals surface area (Å²) in [4.78, 5) is 33.7. The summed E-state index contributed by atoms with van der Waals surface area (Å²) < 4.78 is 5.11. The van der Waals surface area contributed by atoms with Crippen LogP contribution in [-0.4, -0.2) is 22.8 Å². The second kappa shape index (κ2) is 7.33. The number of nitrogens with zero attached hydrogens (tertiary/aromatic N) is 1. The Morgan fingerprint density at radius 1 is 1.43 bits per heavy atom. The van der Waals surface area contributed by atoms with Gasteiger partial charge in [-0.2, -0.15) is 0 Å². The van der Waals surface area contributed by atoms with Crippen molar-refractivity contribution in [1.29, 1.82) is 0 Å². The van der Waals surface area contributed by atoms with E-state index in [1.54, 1.807) is 13.0 Å². The van der Waals surface area contributed by atoms with Crippen LogP contribution in [0.1, 0.15) is 32.8 Å². The van der Waals surface area contributed by atoms with Gasteiger partial charge in [-0.05, 0) is 31.9 Å². The number of carbonyl (C=O) groups is 2. The van der Waals surface area contributed by atoms with E-state index in [1.807, 2.05) is 6.92 Å². The first-order valence-corrected chi connectivity index (χ1v) is 6.53. The third-order valence-corrected chi connectivity index (χ3v) is 2.87. The van der Waals surface area contributed by atoms with Gasteiger partial charge in [-0.15, -0.1) is 0 Å². The van der Waals surface area contributed by atoms with Gasteiger partial charge in [0.05, 0.1) is 11.0 Å². The minimum atomic E-state index is -0.719. The lowest BCUT2D eigenvalue weighted by Crippen LogP contribution is -2.19. The monoisotopic (exact) mass is 291 g/mol. The van der Waals surface area contributed by atoms with Crippen LogP contribution < -0.4 is 0 Å². The van der Waals surface area contributed by atoms with Crippen molar-refractivity contribution in [3.63, 3.8) is 0 Å². The molecule has 21 heavy (non-hydrogen) atoms. The lowest BCUT2D eigenvalue weighted by atomic mass is 10.1. The Hall–Kier alpha value is -2.50. The fourth-order valence-electron chi connectivity index (χ4n) is 1.53. The lowest BCUT2D eigenvalue weighted by molar-refractivity contribution is -0.384. The number of rotatable bonds is 6. The maximum Gasteiger partial charge on any atom is 0.342 e. The van der Waals surface area contributed by atoms with Crippen molar-refractivity contribution in [3.8, 4) is 0 Å². The number of ketones is 1. The van der Waals surface area contributed by atoms with E-state index in [9.17, 15) is 19.7 Å². The van der Waals surface area contributed by atoms with Gasteiger partial charge >= 0.3 is 5.97 Å². The standard InChI is InChI=1S/C15H17NO5/c1-4-10(2)21-15(18)14(11(3)17)9-12-6-5-7-13(8-12)16(19)20/h5-10H,4H2,1-3H3. The number of non-ortho nitro benzene ring substituents is 1. The first kappa shape index (κ1) is 16.6. The fourth-order valence-corrected chi connectivity index (χ4v) is 1.53. The molecule has 1 aromatic carbocycles. The first-order chi connectivity index (χ1) is 9.85. The number of carbonyl (C=O) groups excluding carboxylic acids is 2. The van der Waals surface area contributed by atoms with Crippen molar-refractivity contribution < 1.29 is 19.2 Å². The first-order valence-electron chi connectivity index (χ1n) is 6.53. The van der Waals surface area contributed by atoms with E-state index in [1.165, 1.54) is 31.2 Å². The molecule has 0 N–H and O–H groups in total. The number of nitro groups is 1. The lowest BCUT2D eigenvalue weighted by Gasteiger charge is -2.11. The second-order valence-corrected chi connectivity index (χ2v) is 4.59. The van der Waals surface area contributed by atoms with Gasteiger partial charge in [0.25, 0.3) is 5.69 Å². The van der Waals surface area contributed by atoms with Gasteiger partial charge in [0.2, 0.25) is 0 Å². The number of ether oxygens (including phenoxy) is 1. The molecule has 1 aromatic rings. The van der Waals surface area contributed by atoms with E-state index < -0.39 is 16.7 Å². The molecule has 0 saturated heterocycles. The van der Waals surface area contributed by atoms with E-state index in [4.69, 9.17) is 4.74 Å². The largest absolute Gasteiger partial charge is 0.459 e. The van der Waals surface area contributed by atoms with Gasteiger partial charge in [0.15, 0.2) is 5.78 Å². The summed E-state index contributed by atoms with van der Waals surface area (Å²) >= 11 is 0. The van der Waals surface area contributed by atoms with Crippen molar-refractivity contribution >= 4 is 23.5 Å². The third-order valence-electron chi connectivity index (χ3n) is 2.87. The summed E-state index contributed by atoms with van der Waals surface area (Å²) in [6, 6.07) is 5.69. The van der Waals surface area contributed by atoms with Crippen LogP contribution in [0.3, 0.4) is 0 Å². The van der Waals surface area contributed by atoms with Crippen molar-refractivity contribution in [2.75, 3.05) is 0 Å². The summed E-state index contributed by atoms with van der Waals surface area (Å²) in [7, 11) is 0. The Kier molecular flexibility index (Phi) is 5.78. The number of hydrogen-bond acceptors (Lipinski definition) is 5. The highest BCUT2D eigenvalue weighted by Gasteiger charge is 2.18. The Morgan fingerprint density at radius 3 is 2.62 bits per heavy atom. The third kappa shape index (κ3) is 4.83.